The first kappa shape index (κ1) is 15.1. The van der Waals surface area contributed by atoms with Gasteiger partial charge in [-0.3, -0.25) is 9.82 Å². The van der Waals surface area contributed by atoms with Gasteiger partial charge in [0.1, 0.15) is 5.52 Å². The predicted molar refractivity (Wildman–Crippen MR) is 96.4 cm³/mol. The van der Waals surface area contributed by atoms with Crippen LogP contribution in [0.15, 0.2) is 54.7 Å². The van der Waals surface area contributed by atoms with Gasteiger partial charge in [0.15, 0.2) is 5.75 Å². The van der Waals surface area contributed by atoms with Crippen LogP contribution >= 0.6 is 11.6 Å². The molecule has 25 heavy (non-hydrogen) atoms. The van der Waals surface area contributed by atoms with Crippen LogP contribution in [0.3, 0.4) is 0 Å². The molecule has 0 unspecified atom stereocenters. The number of fused-ring (bicyclic) bond motifs is 5. The molecule has 126 valence electrons. The van der Waals surface area contributed by atoms with Crippen molar-refractivity contribution in [3.05, 3.63) is 70.9 Å². The molecule has 0 aliphatic carbocycles. The van der Waals surface area contributed by atoms with Crippen molar-refractivity contribution in [1.29, 1.82) is 0 Å². The molecule has 5 heteroatoms. The fourth-order valence-electron chi connectivity index (χ4n) is 3.81. The highest BCUT2D eigenvalue weighted by Gasteiger charge is 2.42. The average Bonchev–Trinajstić information content (AvgIpc) is 3.06. The van der Waals surface area contributed by atoms with Crippen LogP contribution in [0.2, 0.25) is 5.02 Å². The minimum Gasteiger partial charge on any atom is -0.490 e. The van der Waals surface area contributed by atoms with Gasteiger partial charge in [0, 0.05) is 29.6 Å². The highest BCUT2D eigenvalue weighted by molar-refractivity contribution is 6.35. The standard InChI is InChI=1S/C20H17ClN2O2/c21-17-9-16-19-14(11-24-20(16)18-15(17)7-4-8-22-18)12-25-23(19)10-13-5-2-1-3-6-13/h1-9,14,19H,10-12H2/t14-,19+/m1/s1. The molecule has 1 fully saturated rings. The highest BCUT2D eigenvalue weighted by atomic mass is 35.5. The Morgan fingerprint density at radius 1 is 1.12 bits per heavy atom. The third-order valence-corrected chi connectivity index (χ3v) is 5.29. The molecular formula is C20H17ClN2O2. The van der Waals surface area contributed by atoms with Crippen LogP contribution in [-0.4, -0.2) is 23.3 Å². The van der Waals surface area contributed by atoms with E-state index in [2.05, 4.69) is 34.3 Å². The lowest BCUT2D eigenvalue weighted by Gasteiger charge is -2.32. The summed E-state index contributed by atoms with van der Waals surface area (Å²) in [5.41, 5.74) is 3.12. The number of hydrogen-bond donors (Lipinski definition) is 0. The van der Waals surface area contributed by atoms with E-state index >= 15 is 0 Å². The molecule has 2 atom stereocenters. The third kappa shape index (κ3) is 2.49. The van der Waals surface area contributed by atoms with Crippen molar-refractivity contribution in [2.24, 2.45) is 5.92 Å². The number of hydroxylamine groups is 2. The number of pyridine rings is 1. The number of ether oxygens (including phenoxy) is 1. The Labute approximate surface area is 150 Å². The summed E-state index contributed by atoms with van der Waals surface area (Å²) >= 11 is 6.54. The molecule has 0 radical (unpaired) electrons. The average molecular weight is 353 g/mol. The minimum atomic E-state index is 0.132. The minimum absolute atomic E-state index is 0.132. The molecule has 3 aromatic rings. The van der Waals surface area contributed by atoms with Crippen LogP contribution in [-0.2, 0) is 11.4 Å². The number of rotatable bonds is 2. The van der Waals surface area contributed by atoms with Gasteiger partial charge < -0.3 is 4.74 Å². The normalized spacial score (nSPS) is 22.4. The molecule has 5 rings (SSSR count). The Morgan fingerprint density at radius 3 is 2.88 bits per heavy atom. The molecule has 1 saturated heterocycles. The lowest BCUT2D eigenvalue weighted by Crippen LogP contribution is -2.31. The van der Waals surface area contributed by atoms with Crippen LogP contribution in [0.4, 0.5) is 0 Å². The van der Waals surface area contributed by atoms with E-state index in [0.717, 1.165) is 28.8 Å². The molecule has 1 aromatic heterocycles. The maximum Gasteiger partial charge on any atom is 0.150 e. The summed E-state index contributed by atoms with van der Waals surface area (Å²) in [6.07, 6.45) is 1.78. The molecule has 3 heterocycles. The number of halogens is 1. The molecule has 2 aliphatic heterocycles. The molecule has 0 spiro atoms. The van der Waals surface area contributed by atoms with E-state index in [-0.39, 0.29) is 6.04 Å². The summed E-state index contributed by atoms with van der Waals surface area (Å²) in [6, 6.07) is 16.4. The number of hydrogen-bond acceptors (Lipinski definition) is 4. The lowest BCUT2D eigenvalue weighted by molar-refractivity contribution is -0.141. The van der Waals surface area contributed by atoms with Gasteiger partial charge in [0.25, 0.3) is 0 Å². The van der Waals surface area contributed by atoms with Crippen molar-refractivity contribution in [1.82, 2.24) is 10.0 Å². The van der Waals surface area contributed by atoms with Crippen molar-refractivity contribution >= 4 is 22.5 Å². The fraction of sp³-hybridized carbons (Fsp3) is 0.250. The Hall–Kier alpha value is -2.14. The predicted octanol–water partition coefficient (Wildman–Crippen LogP) is 4.39. The third-order valence-electron chi connectivity index (χ3n) is 4.98. The van der Waals surface area contributed by atoms with Gasteiger partial charge in [-0.15, -0.1) is 0 Å². The lowest BCUT2D eigenvalue weighted by atomic mass is 9.90. The van der Waals surface area contributed by atoms with E-state index < -0.39 is 0 Å². The van der Waals surface area contributed by atoms with Crippen molar-refractivity contribution in [3.63, 3.8) is 0 Å². The summed E-state index contributed by atoms with van der Waals surface area (Å²) in [6.45, 7) is 2.03. The SMILES string of the molecule is Clc1cc2c(c3ncccc13)OC[C@@H]1CON(Cc3ccccc3)[C@H]21. The Balaban J connectivity index is 1.59. The van der Waals surface area contributed by atoms with Gasteiger partial charge in [-0.05, 0) is 23.8 Å². The molecular weight excluding hydrogens is 336 g/mol. The second-order valence-electron chi connectivity index (χ2n) is 6.55. The quantitative estimate of drug-likeness (QED) is 0.685. The second kappa shape index (κ2) is 5.99. The van der Waals surface area contributed by atoms with E-state index in [4.69, 9.17) is 21.2 Å². The van der Waals surface area contributed by atoms with Gasteiger partial charge >= 0.3 is 0 Å². The van der Waals surface area contributed by atoms with Crippen molar-refractivity contribution < 1.29 is 9.57 Å². The van der Waals surface area contributed by atoms with E-state index in [1.165, 1.54) is 5.56 Å². The van der Waals surface area contributed by atoms with Crippen molar-refractivity contribution in [3.8, 4) is 5.75 Å². The Morgan fingerprint density at radius 2 is 2.00 bits per heavy atom. The maximum absolute atomic E-state index is 6.54. The highest BCUT2D eigenvalue weighted by Crippen LogP contribution is 2.47. The van der Waals surface area contributed by atoms with Crippen molar-refractivity contribution in [2.75, 3.05) is 13.2 Å². The summed E-state index contributed by atoms with van der Waals surface area (Å²) in [5, 5.41) is 3.69. The molecule has 0 bridgehead atoms. The van der Waals surface area contributed by atoms with Crippen LogP contribution in [0.25, 0.3) is 10.9 Å². The zero-order chi connectivity index (χ0) is 16.8. The second-order valence-corrected chi connectivity index (χ2v) is 6.96. The molecule has 0 N–H and O–H groups in total. The molecule has 0 amide bonds. The number of nitrogens with zero attached hydrogens (tertiary/aromatic N) is 2. The summed E-state index contributed by atoms with van der Waals surface area (Å²) in [5.74, 6) is 1.14. The molecule has 2 aliphatic rings. The molecule has 4 nitrogen and oxygen atoms in total. The Kier molecular flexibility index (Phi) is 3.63. The van der Waals surface area contributed by atoms with E-state index in [0.29, 0.717) is 24.2 Å². The first-order valence-corrected chi connectivity index (χ1v) is 8.82. The van der Waals surface area contributed by atoms with Crippen molar-refractivity contribution in [2.45, 2.75) is 12.6 Å². The fourth-order valence-corrected chi connectivity index (χ4v) is 4.08. The topological polar surface area (TPSA) is 34.6 Å². The first-order chi connectivity index (χ1) is 12.3. The van der Waals surface area contributed by atoms with Gasteiger partial charge in [-0.2, -0.15) is 5.06 Å². The van der Waals surface area contributed by atoms with Crippen LogP contribution in [0.5, 0.6) is 5.75 Å². The number of aromatic nitrogens is 1. The number of benzene rings is 2. The summed E-state index contributed by atoms with van der Waals surface area (Å²) < 4.78 is 6.08. The Bertz CT molecular complexity index is 932. The van der Waals surface area contributed by atoms with E-state index in [1.807, 2.05) is 24.3 Å². The van der Waals surface area contributed by atoms with Gasteiger partial charge in [-0.1, -0.05) is 41.9 Å². The van der Waals surface area contributed by atoms with Crippen LogP contribution in [0.1, 0.15) is 17.2 Å². The first-order valence-electron chi connectivity index (χ1n) is 8.44. The van der Waals surface area contributed by atoms with Crippen LogP contribution in [0, 0.1) is 5.92 Å². The largest absolute Gasteiger partial charge is 0.490 e. The monoisotopic (exact) mass is 352 g/mol. The van der Waals surface area contributed by atoms with Gasteiger partial charge in [0.2, 0.25) is 0 Å². The zero-order valence-electron chi connectivity index (χ0n) is 13.6. The van der Waals surface area contributed by atoms with Gasteiger partial charge in [-0.25, -0.2) is 0 Å². The molecule has 2 aromatic carbocycles. The smallest absolute Gasteiger partial charge is 0.150 e. The summed E-state index contributed by atoms with van der Waals surface area (Å²) in [4.78, 5) is 10.5. The van der Waals surface area contributed by atoms with E-state index in [1.54, 1.807) is 6.20 Å². The van der Waals surface area contributed by atoms with E-state index in [9.17, 15) is 0 Å². The summed E-state index contributed by atoms with van der Waals surface area (Å²) in [7, 11) is 0. The molecule has 0 saturated carbocycles. The van der Waals surface area contributed by atoms with Gasteiger partial charge in [0.05, 0.1) is 24.3 Å². The maximum atomic E-state index is 6.54. The van der Waals surface area contributed by atoms with Crippen LogP contribution < -0.4 is 4.74 Å². The zero-order valence-corrected chi connectivity index (χ0v) is 14.3.